The third-order valence-corrected chi connectivity index (χ3v) is 4.94. The molecular weight excluding hydrogens is 312 g/mol. The van der Waals surface area contributed by atoms with Crippen LogP contribution in [-0.4, -0.2) is 0 Å². The molecule has 0 aromatic heterocycles. The standard InChI is InChI=1S/C26H17/c1-3-10-19(11-4-1)26(20-12-5-2-6-13-20)24-17-9-16-23-22-15-8-7-14-21(22)18-25(23)24/h1-17H. The Hall–Kier alpha value is -3.38. The first-order chi connectivity index (χ1) is 12.9. The summed E-state index contributed by atoms with van der Waals surface area (Å²) in [5.41, 5.74) is 7.42. The number of hydrogen-bond acceptors (Lipinski definition) is 0. The summed E-state index contributed by atoms with van der Waals surface area (Å²) >= 11 is 0. The minimum Gasteiger partial charge on any atom is -0.0622 e. The first-order valence-electron chi connectivity index (χ1n) is 8.89. The van der Waals surface area contributed by atoms with Crippen molar-refractivity contribution in [2.75, 3.05) is 0 Å². The Morgan fingerprint density at radius 2 is 1.08 bits per heavy atom. The van der Waals surface area contributed by atoms with Crippen LogP contribution in [0, 0.1) is 0 Å². The Bertz CT molecular complexity index is 1160. The lowest BCUT2D eigenvalue weighted by Crippen LogP contribution is -2.28. The number of benzene rings is 4. The van der Waals surface area contributed by atoms with E-state index >= 15 is 0 Å². The molecule has 0 unspecified atom stereocenters. The molecule has 0 heterocycles. The van der Waals surface area contributed by atoms with Gasteiger partial charge in [-0.1, -0.05) is 103 Å². The molecule has 0 fully saturated rings. The largest absolute Gasteiger partial charge is 0.0622 e. The van der Waals surface area contributed by atoms with Gasteiger partial charge in [0.25, 0.3) is 0 Å². The molecule has 4 aromatic carbocycles. The minimum absolute atomic E-state index is 1.18. The normalized spacial score (nSPS) is 11.4. The van der Waals surface area contributed by atoms with Gasteiger partial charge in [-0.05, 0) is 49.9 Å². The van der Waals surface area contributed by atoms with Crippen LogP contribution in [0.25, 0.3) is 22.8 Å². The second-order valence-corrected chi connectivity index (χ2v) is 6.51. The second kappa shape index (κ2) is 6.16. The van der Waals surface area contributed by atoms with Crippen LogP contribution in [0.15, 0.2) is 103 Å². The molecule has 0 saturated carbocycles. The van der Waals surface area contributed by atoms with Crippen LogP contribution in [0.5, 0.6) is 0 Å². The fraction of sp³-hybridized carbons (Fsp3) is 0. The van der Waals surface area contributed by atoms with Crippen LogP contribution in [-0.2, 0) is 0 Å². The van der Waals surface area contributed by atoms with Gasteiger partial charge in [0.05, 0.1) is 0 Å². The van der Waals surface area contributed by atoms with Gasteiger partial charge in [-0.3, -0.25) is 0 Å². The van der Waals surface area contributed by atoms with Crippen LogP contribution < -0.4 is 10.4 Å². The highest BCUT2D eigenvalue weighted by Crippen LogP contribution is 2.26. The molecule has 0 spiro atoms. The molecule has 0 N–H and O–H groups in total. The molecule has 0 heteroatoms. The van der Waals surface area contributed by atoms with E-state index in [2.05, 4.69) is 109 Å². The molecule has 4 aromatic rings. The van der Waals surface area contributed by atoms with Crippen molar-refractivity contribution in [1.82, 2.24) is 0 Å². The average Bonchev–Trinajstić information content (AvgIpc) is 3.10. The summed E-state index contributed by atoms with van der Waals surface area (Å²) in [6, 6.07) is 36.3. The lowest BCUT2D eigenvalue weighted by atomic mass is 9.94. The van der Waals surface area contributed by atoms with Crippen LogP contribution in [0.2, 0.25) is 0 Å². The fourth-order valence-corrected chi connectivity index (χ4v) is 3.77. The molecule has 1 radical (unpaired) electrons. The van der Waals surface area contributed by atoms with Crippen molar-refractivity contribution in [2.45, 2.75) is 0 Å². The number of hydrogen-bond donors (Lipinski definition) is 0. The molecule has 1 aliphatic carbocycles. The monoisotopic (exact) mass is 329 g/mol. The predicted molar refractivity (Wildman–Crippen MR) is 108 cm³/mol. The SMILES string of the molecule is [C]1=c2c(cccc2=C(c2ccccc2)c2ccccc2)-c2ccccc21. The van der Waals surface area contributed by atoms with Gasteiger partial charge < -0.3 is 0 Å². The van der Waals surface area contributed by atoms with E-state index in [1.807, 2.05) is 0 Å². The van der Waals surface area contributed by atoms with Gasteiger partial charge >= 0.3 is 0 Å². The van der Waals surface area contributed by atoms with E-state index in [9.17, 15) is 0 Å². The highest BCUT2D eigenvalue weighted by Gasteiger charge is 2.14. The summed E-state index contributed by atoms with van der Waals surface area (Å²) in [5.74, 6) is 0. The predicted octanol–water partition coefficient (Wildman–Crippen LogP) is 4.62. The zero-order valence-electron chi connectivity index (χ0n) is 14.3. The molecule has 5 rings (SSSR count). The summed E-state index contributed by atoms with van der Waals surface area (Å²) in [5, 5.41) is 2.42. The summed E-state index contributed by atoms with van der Waals surface area (Å²) in [6.45, 7) is 0. The van der Waals surface area contributed by atoms with Gasteiger partial charge in [0.15, 0.2) is 0 Å². The molecule has 1 aliphatic rings. The summed E-state index contributed by atoms with van der Waals surface area (Å²) < 4.78 is 0. The molecule has 121 valence electrons. The minimum atomic E-state index is 1.18. The van der Waals surface area contributed by atoms with Crippen LogP contribution in [0.4, 0.5) is 0 Å². The second-order valence-electron chi connectivity index (χ2n) is 6.51. The third kappa shape index (κ3) is 2.39. The number of rotatable bonds is 2. The maximum atomic E-state index is 3.65. The molecule has 0 nitrogen and oxygen atoms in total. The van der Waals surface area contributed by atoms with E-state index in [1.54, 1.807) is 0 Å². The Balaban J connectivity index is 1.93. The molecular formula is C26H17. The highest BCUT2D eigenvalue weighted by molar-refractivity contribution is 5.86. The van der Waals surface area contributed by atoms with Gasteiger partial charge in [0.1, 0.15) is 0 Å². The zero-order chi connectivity index (χ0) is 17.3. The molecule has 0 saturated heterocycles. The van der Waals surface area contributed by atoms with Gasteiger partial charge in [-0.2, -0.15) is 0 Å². The topological polar surface area (TPSA) is 0 Å². The Morgan fingerprint density at radius 1 is 0.500 bits per heavy atom. The molecule has 0 aliphatic heterocycles. The summed E-state index contributed by atoms with van der Waals surface area (Å²) in [4.78, 5) is 0. The summed E-state index contributed by atoms with van der Waals surface area (Å²) in [6.07, 6.45) is 3.65. The molecule has 26 heavy (non-hydrogen) atoms. The van der Waals surface area contributed by atoms with Gasteiger partial charge in [-0.15, -0.1) is 0 Å². The van der Waals surface area contributed by atoms with Gasteiger partial charge in [-0.25, -0.2) is 0 Å². The van der Waals surface area contributed by atoms with Crippen LogP contribution in [0.1, 0.15) is 16.7 Å². The van der Waals surface area contributed by atoms with E-state index in [0.717, 1.165) is 0 Å². The first-order valence-corrected chi connectivity index (χ1v) is 8.89. The lowest BCUT2D eigenvalue weighted by Gasteiger charge is -2.10. The Kier molecular flexibility index (Phi) is 3.54. The van der Waals surface area contributed by atoms with E-state index in [1.165, 1.54) is 43.8 Å². The van der Waals surface area contributed by atoms with E-state index in [0.29, 0.717) is 0 Å². The van der Waals surface area contributed by atoms with Crippen LogP contribution in [0.3, 0.4) is 0 Å². The molecule has 0 bridgehead atoms. The maximum Gasteiger partial charge on any atom is -0.000741 e. The fourth-order valence-electron chi connectivity index (χ4n) is 3.77. The summed E-state index contributed by atoms with van der Waals surface area (Å²) in [7, 11) is 0. The van der Waals surface area contributed by atoms with Crippen LogP contribution >= 0.6 is 0 Å². The average molecular weight is 329 g/mol. The van der Waals surface area contributed by atoms with Crippen molar-refractivity contribution in [1.29, 1.82) is 0 Å². The smallest absolute Gasteiger partial charge is 0.000741 e. The Morgan fingerprint density at radius 3 is 1.77 bits per heavy atom. The van der Waals surface area contributed by atoms with E-state index < -0.39 is 0 Å². The van der Waals surface area contributed by atoms with Crippen molar-refractivity contribution in [3.63, 3.8) is 0 Å². The van der Waals surface area contributed by atoms with Crippen molar-refractivity contribution in [3.05, 3.63) is 130 Å². The van der Waals surface area contributed by atoms with Crippen molar-refractivity contribution < 1.29 is 0 Å². The van der Waals surface area contributed by atoms with E-state index in [-0.39, 0.29) is 0 Å². The van der Waals surface area contributed by atoms with Crippen molar-refractivity contribution in [3.8, 4) is 11.1 Å². The van der Waals surface area contributed by atoms with Gasteiger partial charge in [0.2, 0.25) is 0 Å². The van der Waals surface area contributed by atoms with E-state index in [4.69, 9.17) is 0 Å². The quantitative estimate of drug-likeness (QED) is 0.443. The number of fused-ring (bicyclic) bond motifs is 3. The highest BCUT2D eigenvalue weighted by atomic mass is 14.2. The molecule has 0 amide bonds. The Labute approximate surface area is 153 Å². The zero-order valence-corrected chi connectivity index (χ0v) is 14.3. The van der Waals surface area contributed by atoms with Crippen molar-refractivity contribution in [2.24, 2.45) is 0 Å². The third-order valence-electron chi connectivity index (χ3n) is 4.94. The van der Waals surface area contributed by atoms with Crippen molar-refractivity contribution >= 4 is 11.6 Å². The maximum absolute atomic E-state index is 3.65. The lowest BCUT2D eigenvalue weighted by molar-refractivity contribution is 1.45. The molecule has 0 atom stereocenters. The first kappa shape index (κ1) is 14.9. The van der Waals surface area contributed by atoms with Gasteiger partial charge in [0, 0.05) is 0 Å².